The number of aromatic nitrogens is 3. The van der Waals surface area contributed by atoms with Crippen molar-refractivity contribution in [1.82, 2.24) is 14.7 Å². The summed E-state index contributed by atoms with van der Waals surface area (Å²) in [6.07, 6.45) is 1.89. The third-order valence-electron chi connectivity index (χ3n) is 3.91. The summed E-state index contributed by atoms with van der Waals surface area (Å²) in [5, 5.41) is 6.94. The van der Waals surface area contributed by atoms with Crippen LogP contribution in [0.1, 0.15) is 44.1 Å². The zero-order valence-corrected chi connectivity index (χ0v) is 16.8. The second kappa shape index (κ2) is 7.07. The molecular weight excluding hydrogens is 396 g/mol. The lowest BCUT2D eigenvalue weighted by molar-refractivity contribution is 0.101. The topological polar surface area (TPSA) is 73.0 Å². The highest BCUT2D eigenvalue weighted by Crippen LogP contribution is 2.25. The minimum absolute atomic E-state index is 0.153. The number of rotatable bonds is 4. The summed E-state index contributed by atoms with van der Waals surface area (Å²) in [4.78, 5) is 16.9. The van der Waals surface area contributed by atoms with Crippen molar-refractivity contribution in [1.29, 1.82) is 0 Å². The molecule has 0 fully saturated rings. The minimum atomic E-state index is -0.193. The first kappa shape index (κ1) is 18.4. The van der Waals surface area contributed by atoms with Gasteiger partial charge in [-0.3, -0.25) is 4.79 Å². The largest absolute Gasteiger partial charge is 0.343 e. The molecule has 0 atom stereocenters. The van der Waals surface area contributed by atoms with Gasteiger partial charge >= 0.3 is 0 Å². The molecule has 6 nitrogen and oxygen atoms in total. The van der Waals surface area contributed by atoms with E-state index in [-0.39, 0.29) is 11.3 Å². The van der Waals surface area contributed by atoms with Crippen LogP contribution in [-0.4, -0.2) is 20.6 Å². The number of halogens is 1. The van der Waals surface area contributed by atoms with Crippen LogP contribution in [-0.2, 0) is 12.0 Å². The van der Waals surface area contributed by atoms with Gasteiger partial charge in [0.05, 0.1) is 0 Å². The SMILES string of the molecule is CCn1cc(Br)cc1C(=O)Nc1ccc(-c2noc(C(C)(C)C)n2)cc1. The summed E-state index contributed by atoms with van der Waals surface area (Å²) in [6, 6.07) is 9.19. The number of nitrogens with zero attached hydrogens (tertiary/aromatic N) is 3. The van der Waals surface area contributed by atoms with E-state index in [1.807, 2.05) is 62.7 Å². The van der Waals surface area contributed by atoms with Crippen LogP contribution >= 0.6 is 15.9 Å². The molecule has 0 saturated carbocycles. The molecule has 7 heteroatoms. The average molecular weight is 417 g/mol. The Morgan fingerprint density at radius 3 is 2.54 bits per heavy atom. The number of amides is 1. The van der Waals surface area contributed by atoms with E-state index in [1.54, 1.807) is 6.07 Å². The lowest BCUT2D eigenvalue weighted by Crippen LogP contribution is -2.16. The highest BCUT2D eigenvalue weighted by Gasteiger charge is 2.22. The zero-order valence-electron chi connectivity index (χ0n) is 15.2. The summed E-state index contributed by atoms with van der Waals surface area (Å²) >= 11 is 3.41. The van der Waals surface area contributed by atoms with Gasteiger partial charge < -0.3 is 14.4 Å². The molecule has 2 aromatic heterocycles. The Morgan fingerprint density at radius 2 is 1.96 bits per heavy atom. The second-order valence-electron chi connectivity index (χ2n) is 7.03. The van der Waals surface area contributed by atoms with E-state index in [1.165, 1.54) is 0 Å². The maximum atomic E-state index is 12.5. The van der Waals surface area contributed by atoms with Gasteiger partial charge in [0.15, 0.2) is 0 Å². The number of benzene rings is 1. The molecule has 2 heterocycles. The van der Waals surface area contributed by atoms with E-state index >= 15 is 0 Å². The maximum Gasteiger partial charge on any atom is 0.272 e. The van der Waals surface area contributed by atoms with E-state index in [9.17, 15) is 4.79 Å². The molecular formula is C19H21BrN4O2. The third kappa shape index (κ3) is 3.88. The summed E-state index contributed by atoms with van der Waals surface area (Å²) in [7, 11) is 0. The van der Waals surface area contributed by atoms with Crippen molar-refractivity contribution in [2.24, 2.45) is 0 Å². The van der Waals surface area contributed by atoms with E-state index < -0.39 is 0 Å². The fourth-order valence-electron chi connectivity index (χ4n) is 2.47. The van der Waals surface area contributed by atoms with Gasteiger partial charge in [0, 0.05) is 33.9 Å². The van der Waals surface area contributed by atoms with Crippen LogP contribution in [0.5, 0.6) is 0 Å². The molecule has 1 N–H and O–H groups in total. The van der Waals surface area contributed by atoms with E-state index in [2.05, 4.69) is 31.4 Å². The Balaban J connectivity index is 1.75. The normalized spacial score (nSPS) is 11.6. The Bertz CT molecular complexity index is 920. The van der Waals surface area contributed by atoms with Crippen LogP contribution < -0.4 is 5.32 Å². The molecule has 1 aromatic carbocycles. The molecule has 1 amide bonds. The van der Waals surface area contributed by atoms with Gasteiger partial charge in [0.1, 0.15) is 5.69 Å². The average Bonchev–Trinajstić information content (AvgIpc) is 3.22. The molecule has 3 aromatic rings. The van der Waals surface area contributed by atoms with Crippen molar-refractivity contribution in [3.63, 3.8) is 0 Å². The van der Waals surface area contributed by atoms with E-state index in [0.717, 1.165) is 16.6 Å². The molecule has 0 aliphatic rings. The molecule has 0 saturated heterocycles. The van der Waals surface area contributed by atoms with Crippen molar-refractivity contribution in [3.05, 3.63) is 52.6 Å². The number of hydrogen-bond donors (Lipinski definition) is 1. The Morgan fingerprint density at radius 1 is 1.27 bits per heavy atom. The Labute approximate surface area is 160 Å². The molecule has 0 bridgehead atoms. The van der Waals surface area contributed by atoms with E-state index in [0.29, 0.717) is 23.1 Å². The number of carbonyl (C=O) groups excluding carboxylic acids is 1. The standard InChI is InChI=1S/C19H21BrN4O2/c1-5-24-11-13(20)10-15(24)17(25)21-14-8-6-12(7-9-14)16-22-18(26-23-16)19(2,3)4/h6-11H,5H2,1-4H3,(H,21,25). The van der Waals surface area contributed by atoms with E-state index in [4.69, 9.17) is 4.52 Å². The molecule has 0 aliphatic heterocycles. The highest BCUT2D eigenvalue weighted by molar-refractivity contribution is 9.10. The predicted molar refractivity (Wildman–Crippen MR) is 104 cm³/mol. The smallest absolute Gasteiger partial charge is 0.272 e. The minimum Gasteiger partial charge on any atom is -0.343 e. The summed E-state index contributed by atoms with van der Waals surface area (Å²) < 4.78 is 8.10. The lowest BCUT2D eigenvalue weighted by Gasteiger charge is -2.10. The van der Waals surface area contributed by atoms with Gasteiger partial charge in [-0.1, -0.05) is 25.9 Å². The summed E-state index contributed by atoms with van der Waals surface area (Å²) in [6.45, 7) is 8.78. The van der Waals surface area contributed by atoms with Gasteiger partial charge in [-0.05, 0) is 53.2 Å². The van der Waals surface area contributed by atoms with Crippen molar-refractivity contribution < 1.29 is 9.32 Å². The Kier molecular flexibility index (Phi) is 5.00. The number of anilines is 1. The molecule has 26 heavy (non-hydrogen) atoms. The third-order valence-corrected chi connectivity index (χ3v) is 4.34. The maximum absolute atomic E-state index is 12.5. The van der Waals surface area contributed by atoms with Crippen molar-refractivity contribution in [2.75, 3.05) is 5.32 Å². The Hall–Kier alpha value is -2.41. The highest BCUT2D eigenvalue weighted by atomic mass is 79.9. The first-order valence-corrected chi connectivity index (χ1v) is 9.19. The van der Waals surface area contributed by atoms with Gasteiger partial charge in [0.25, 0.3) is 5.91 Å². The molecule has 0 spiro atoms. The molecule has 0 aliphatic carbocycles. The van der Waals surface area contributed by atoms with Crippen LogP contribution in [0, 0.1) is 0 Å². The monoisotopic (exact) mass is 416 g/mol. The lowest BCUT2D eigenvalue weighted by atomic mass is 9.97. The summed E-state index contributed by atoms with van der Waals surface area (Å²) in [5.74, 6) is 0.979. The van der Waals surface area contributed by atoms with Crippen LogP contribution in [0.4, 0.5) is 5.69 Å². The van der Waals surface area contributed by atoms with Crippen molar-refractivity contribution in [3.8, 4) is 11.4 Å². The molecule has 0 unspecified atom stereocenters. The van der Waals surface area contributed by atoms with Crippen LogP contribution in [0.3, 0.4) is 0 Å². The van der Waals surface area contributed by atoms with Gasteiger partial charge in [-0.2, -0.15) is 4.98 Å². The van der Waals surface area contributed by atoms with Crippen LogP contribution in [0.15, 0.2) is 45.5 Å². The molecule has 136 valence electrons. The fourth-order valence-corrected chi connectivity index (χ4v) is 2.93. The first-order valence-electron chi connectivity index (χ1n) is 8.39. The zero-order chi connectivity index (χ0) is 18.9. The fraction of sp³-hybridized carbons (Fsp3) is 0.316. The van der Waals surface area contributed by atoms with Gasteiger partial charge in [0.2, 0.25) is 11.7 Å². The van der Waals surface area contributed by atoms with Gasteiger partial charge in [-0.25, -0.2) is 0 Å². The van der Waals surface area contributed by atoms with Gasteiger partial charge in [-0.15, -0.1) is 0 Å². The second-order valence-corrected chi connectivity index (χ2v) is 7.95. The molecule has 0 radical (unpaired) electrons. The number of carbonyl (C=O) groups is 1. The molecule has 3 rings (SSSR count). The quantitative estimate of drug-likeness (QED) is 0.658. The summed E-state index contributed by atoms with van der Waals surface area (Å²) in [5.41, 5.74) is 1.96. The van der Waals surface area contributed by atoms with Crippen molar-refractivity contribution >= 4 is 27.5 Å². The van der Waals surface area contributed by atoms with Crippen LogP contribution in [0.25, 0.3) is 11.4 Å². The van der Waals surface area contributed by atoms with Crippen LogP contribution in [0.2, 0.25) is 0 Å². The number of hydrogen-bond acceptors (Lipinski definition) is 4. The predicted octanol–water partition coefficient (Wildman–Crippen LogP) is 4.87. The number of aryl methyl sites for hydroxylation is 1. The van der Waals surface area contributed by atoms with Crippen molar-refractivity contribution in [2.45, 2.75) is 39.7 Å². The number of nitrogens with one attached hydrogen (secondary N) is 1. The first-order chi connectivity index (χ1) is 12.3.